The molecule has 1 aromatic rings. The molecule has 0 radical (unpaired) electrons. The van der Waals surface area contributed by atoms with Crippen molar-refractivity contribution in [1.82, 2.24) is 5.32 Å². The van der Waals surface area contributed by atoms with Crippen LogP contribution >= 0.6 is 0 Å². The van der Waals surface area contributed by atoms with Crippen molar-refractivity contribution in [1.29, 1.82) is 0 Å². The summed E-state index contributed by atoms with van der Waals surface area (Å²) in [5.41, 5.74) is 1.18. The monoisotopic (exact) mass is 261 g/mol. The molecular weight excluding hydrogens is 238 g/mol. The van der Waals surface area contributed by atoms with E-state index >= 15 is 0 Å². The number of rotatable bonds is 6. The van der Waals surface area contributed by atoms with Gasteiger partial charge in [-0.15, -0.1) is 0 Å². The summed E-state index contributed by atoms with van der Waals surface area (Å²) in [5.74, 6) is 1.25. The van der Waals surface area contributed by atoms with Crippen LogP contribution in [-0.2, 0) is 6.54 Å². The molecule has 0 unspecified atom stereocenters. The predicted octanol–water partition coefficient (Wildman–Crippen LogP) is 2.50. The van der Waals surface area contributed by atoms with Gasteiger partial charge in [0.1, 0.15) is 5.75 Å². The van der Waals surface area contributed by atoms with E-state index in [0.29, 0.717) is 12.0 Å². The summed E-state index contributed by atoms with van der Waals surface area (Å²) in [6.45, 7) is 5.10. The van der Waals surface area contributed by atoms with Crippen molar-refractivity contribution >= 4 is 0 Å². The Morgan fingerprint density at radius 1 is 1.32 bits per heavy atom. The van der Waals surface area contributed by atoms with Gasteiger partial charge in [0.05, 0.1) is 6.10 Å². The number of benzene rings is 1. The van der Waals surface area contributed by atoms with Gasteiger partial charge in [0.2, 0.25) is 0 Å². The maximum Gasteiger partial charge on any atom is 0.124 e. The van der Waals surface area contributed by atoms with Gasteiger partial charge >= 0.3 is 0 Å². The summed E-state index contributed by atoms with van der Waals surface area (Å²) in [4.78, 5) is 0. The molecule has 0 fully saturated rings. The van der Waals surface area contributed by atoms with Crippen LogP contribution in [0.25, 0.3) is 0 Å². The van der Waals surface area contributed by atoms with Crippen molar-refractivity contribution in [3.8, 4) is 5.75 Å². The lowest BCUT2D eigenvalue weighted by atomic mass is 10.1. The normalized spacial score (nSPS) is 22.1. The molecule has 0 saturated heterocycles. The molecule has 0 heterocycles. The number of nitrogens with one attached hydrogen (secondary N) is 1. The Bertz CT molecular complexity index is 429. The largest absolute Gasteiger partial charge is 0.491 e. The fraction of sp³-hybridized carbons (Fsp3) is 0.500. The highest BCUT2D eigenvalue weighted by Crippen LogP contribution is 2.21. The molecule has 0 aromatic heterocycles. The molecule has 0 aliphatic heterocycles. The molecule has 1 aromatic carbocycles. The fourth-order valence-electron chi connectivity index (χ4n) is 2.32. The highest BCUT2D eigenvalue weighted by atomic mass is 16.5. The van der Waals surface area contributed by atoms with E-state index in [-0.39, 0.29) is 12.7 Å². The Kier molecular flexibility index (Phi) is 5.00. The van der Waals surface area contributed by atoms with Crippen LogP contribution in [0.1, 0.15) is 25.8 Å². The van der Waals surface area contributed by atoms with Gasteiger partial charge in [-0.05, 0) is 26.3 Å². The molecule has 3 nitrogen and oxygen atoms in total. The average molecular weight is 261 g/mol. The van der Waals surface area contributed by atoms with E-state index in [4.69, 9.17) is 9.84 Å². The first kappa shape index (κ1) is 14.1. The van der Waals surface area contributed by atoms with Crippen LogP contribution < -0.4 is 10.1 Å². The Labute approximate surface area is 115 Å². The van der Waals surface area contributed by atoms with Gasteiger partial charge in [0.15, 0.2) is 0 Å². The Hall–Kier alpha value is -1.32. The number of para-hydroxylation sites is 1. The molecule has 2 atom stereocenters. The van der Waals surface area contributed by atoms with Crippen LogP contribution in [0.15, 0.2) is 36.4 Å². The van der Waals surface area contributed by atoms with Crippen LogP contribution in [0.5, 0.6) is 5.75 Å². The van der Waals surface area contributed by atoms with Crippen LogP contribution in [0, 0.1) is 5.92 Å². The lowest BCUT2D eigenvalue weighted by Crippen LogP contribution is -2.26. The zero-order chi connectivity index (χ0) is 13.7. The highest BCUT2D eigenvalue weighted by molar-refractivity contribution is 5.33. The SMILES string of the molecule is CC(C)Oc1ccccc1CN[C@@H]1C=C[C@H](CO)C1. The minimum atomic E-state index is 0.186. The molecule has 2 rings (SSSR count). The van der Waals surface area contributed by atoms with Crippen molar-refractivity contribution in [3.05, 3.63) is 42.0 Å². The topological polar surface area (TPSA) is 41.5 Å². The molecule has 0 saturated carbocycles. The highest BCUT2D eigenvalue weighted by Gasteiger charge is 2.17. The third kappa shape index (κ3) is 4.08. The van der Waals surface area contributed by atoms with E-state index in [1.165, 1.54) is 5.56 Å². The minimum absolute atomic E-state index is 0.186. The van der Waals surface area contributed by atoms with E-state index in [2.05, 4.69) is 23.5 Å². The van der Waals surface area contributed by atoms with Crippen molar-refractivity contribution < 1.29 is 9.84 Å². The van der Waals surface area contributed by atoms with Crippen LogP contribution in [-0.4, -0.2) is 23.9 Å². The van der Waals surface area contributed by atoms with Gasteiger partial charge in [-0.2, -0.15) is 0 Å². The smallest absolute Gasteiger partial charge is 0.124 e. The summed E-state index contributed by atoms with van der Waals surface area (Å²) in [6.07, 6.45) is 5.40. The Balaban J connectivity index is 1.91. The fourth-order valence-corrected chi connectivity index (χ4v) is 2.32. The summed E-state index contributed by atoms with van der Waals surface area (Å²) in [7, 11) is 0. The summed E-state index contributed by atoms with van der Waals surface area (Å²) in [5, 5.41) is 12.6. The lowest BCUT2D eigenvalue weighted by Gasteiger charge is -2.17. The second-order valence-electron chi connectivity index (χ2n) is 5.32. The van der Waals surface area contributed by atoms with E-state index in [1.54, 1.807) is 0 Å². The van der Waals surface area contributed by atoms with Crippen LogP contribution in [0.2, 0.25) is 0 Å². The van der Waals surface area contributed by atoms with Gasteiger partial charge in [-0.1, -0.05) is 30.4 Å². The Morgan fingerprint density at radius 2 is 2.11 bits per heavy atom. The molecule has 1 aliphatic rings. The first-order chi connectivity index (χ1) is 9.19. The summed E-state index contributed by atoms with van der Waals surface area (Å²) in [6, 6.07) is 8.48. The lowest BCUT2D eigenvalue weighted by molar-refractivity contribution is 0.238. The van der Waals surface area contributed by atoms with Gasteiger partial charge in [0, 0.05) is 30.7 Å². The first-order valence-corrected chi connectivity index (χ1v) is 6.96. The number of aliphatic hydroxyl groups excluding tert-OH is 1. The Morgan fingerprint density at radius 3 is 2.79 bits per heavy atom. The van der Waals surface area contributed by atoms with Crippen molar-refractivity contribution in [2.24, 2.45) is 5.92 Å². The van der Waals surface area contributed by atoms with Gasteiger partial charge in [-0.3, -0.25) is 0 Å². The quantitative estimate of drug-likeness (QED) is 0.773. The molecule has 2 N–H and O–H groups in total. The zero-order valence-corrected chi connectivity index (χ0v) is 11.7. The van der Waals surface area contributed by atoms with Crippen LogP contribution in [0.4, 0.5) is 0 Å². The first-order valence-electron chi connectivity index (χ1n) is 6.96. The molecule has 0 spiro atoms. The van der Waals surface area contributed by atoms with Crippen molar-refractivity contribution in [2.45, 2.75) is 39.0 Å². The third-order valence-electron chi connectivity index (χ3n) is 3.30. The second-order valence-corrected chi connectivity index (χ2v) is 5.32. The molecule has 19 heavy (non-hydrogen) atoms. The van der Waals surface area contributed by atoms with Gasteiger partial charge < -0.3 is 15.2 Å². The summed E-state index contributed by atoms with van der Waals surface area (Å²) >= 11 is 0. The molecule has 104 valence electrons. The van der Waals surface area contributed by atoms with Crippen molar-refractivity contribution in [3.63, 3.8) is 0 Å². The van der Waals surface area contributed by atoms with E-state index in [0.717, 1.165) is 18.7 Å². The third-order valence-corrected chi connectivity index (χ3v) is 3.30. The van der Waals surface area contributed by atoms with Crippen molar-refractivity contribution in [2.75, 3.05) is 6.61 Å². The number of ether oxygens (including phenoxy) is 1. The number of hydrogen-bond acceptors (Lipinski definition) is 3. The predicted molar refractivity (Wildman–Crippen MR) is 77.2 cm³/mol. The van der Waals surface area contributed by atoms with E-state index in [9.17, 15) is 0 Å². The average Bonchev–Trinajstić information content (AvgIpc) is 2.85. The molecule has 1 aliphatic carbocycles. The van der Waals surface area contributed by atoms with E-state index in [1.807, 2.05) is 32.0 Å². The standard InChI is InChI=1S/C16H23NO2/c1-12(2)19-16-6-4-3-5-14(16)10-17-15-8-7-13(9-15)11-18/h3-8,12-13,15,17-18H,9-11H2,1-2H3/t13-,15+/m0/s1. The zero-order valence-electron chi connectivity index (χ0n) is 11.7. The number of hydrogen-bond donors (Lipinski definition) is 2. The second kappa shape index (κ2) is 6.73. The molecular formula is C16H23NO2. The van der Waals surface area contributed by atoms with Gasteiger partial charge in [0.25, 0.3) is 0 Å². The van der Waals surface area contributed by atoms with Crippen LogP contribution in [0.3, 0.4) is 0 Å². The molecule has 3 heteroatoms. The molecule has 0 bridgehead atoms. The van der Waals surface area contributed by atoms with E-state index < -0.39 is 0 Å². The number of aliphatic hydroxyl groups is 1. The minimum Gasteiger partial charge on any atom is -0.491 e. The van der Waals surface area contributed by atoms with Gasteiger partial charge in [-0.25, -0.2) is 0 Å². The maximum atomic E-state index is 9.11. The maximum absolute atomic E-state index is 9.11. The molecule has 0 amide bonds. The summed E-state index contributed by atoms with van der Waals surface area (Å²) < 4.78 is 5.80.